The average Bonchev–Trinajstić information content (AvgIpc) is 2.65. The van der Waals surface area contributed by atoms with E-state index in [1.165, 1.54) is 37.8 Å². The topological polar surface area (TPSA) is 23.5 Å². The van der Waals surface area contributed by atoms with Crippen molar-refractivity contribution in [3.63, 3.8) is 0 Å². The number of aliphatic hydroxyl groups is 1. The first kappa shape index (κ1) is 13.1. The van der Waals surface area contributed by atoms with Crippen LogP contribution in [0.5, 0.6) is 0 Å². The molecular formula is C15H27NO. The van der Waals surface area contributed by atoms with E-state index in [9.17, 15) is 5.11 Å². The molecule has 0 unspecified atom stereocenters. The fraction of sp³-hybridized carbons (Fsp3) is 0.867. The number of hydrogen-bond acceptors (Lipinski definition) is 2. The first-order valence-corrected chi connectivity index (χ1v) is 7.19. The minimum absolute atomic E-state index is 0.404. The number of fused-ring (bicyclic) bond motifs is 1. The van der Waals surface area contributed by atoms with E-state index in [-0.39, 0.29) is 0 Å². The van der Waals surface area contributed by atoms with Crippen LogP contribution in [0.25, 0.3) is 0 Å². The third-order valence-corrected chi connectivity index (χ3v) is 4.34. The largest absolute Gasteiger partial charge is 0.388 e. The van der Waals surface area contributed by atoms with Gasteiger partial charge in [-0.05, 0) is 45.1 Å². The molecule has 2 heteroatoms. The van der Waals surface area contributed by atoms with E-state index < -0.39 is 5.60 Å². The third-order valence-electron chi connectivity index (χ3n) is 4.34. The van der Waals surface area contributed by atoms with Crippen molar-refractivity contribution in [1.29, 1.82) is 0 Å². The Hall–Kier alpha value is -0.340. The average molecular weight is 237 g/mol. The van der Waals surface area contributed by atoms with Crippen molar-refractivity contribution in [2.45, 2.75) is 64.5 Å². The number of hydrogen-bond donors (Lipinski definition) is 1. The van der Waals surface area contributed by atoms with Crippen molar-refractivity contribution in [2.24, 2.45) is 5.92 Å². The van der Waals surface area contributed by atoms with Crippen LogP contribution < -0.4 is 0 Å². The third kappa shape index (κ3) is 2.92. The summed E-state index contributed by atoms with van der Waals surface area (Å²) < 4.78 is 0. The first-order valence-electron chi connectivity index (χ1n) is 7.19. The van der Waals surface area contributed by atoms with Gasteiger partial charge in [0.2, 0.25) is 0 Å². The summed E-state index contributed by atoms with van der Waals surface area (Å²) in [4.78, 5) is 2.48. The highest BCUT2D eigenvalue weighted by molar-refractivity contribution is 5.17. The van der Waals surface area contributed by atoms with E-state index in [1.54, 1.807) is 0 Å². The summed E-state index contributed by atoms with van der Waals surface area (Å²) >= 11 is 0. The molecular weight excluding hydrogens is 210 g/mol. The number of allylic oxidation sites excluding steroid dienone is 1. The Labute approximate surface area is 106 Å². The van der Waals surface area contributed by atoms with Crippen LogP contribution in [0.15, 0.2) is 11.6 Å². The minimum atomic E-state index is -0.507. The molecule has 2 aliphatic rings. The Bertz CT molecular complexity index is 295. The van der Waals surface area contributed by atoms with Gasteiger partial charge in [0.1, 0.15) is 0 Å². The zero-order valence-electron chi connectivity index (χ0n) is 11.6. The maximum atomic E-state index is 10.6. The Morgan fingerprint density at radius 1 is 1.59 bits per heavy atom. The van der Waals surface area contributed by atoms with Gasteiger partial charge in [0.25, 0.3) is 0 Å². The molecule has 0 aromatic carbocycles. The van der Waals surface area contributed by atoms with Crippen LogP contribution in [0.1, 0.15) is 52.9 Å². The van der Waals surface area contributed by atoms with Gasteiger partial charge in [-0.15, -0.1) is 0 Å². The molecule has 0 aromatic heterocycles. The molecule has 2 heterocycles. The van der Waals surface area contributed by atoms with E-state index in [1.807, 2.05) is 6.92 Å². The van der Waals surface area contributed by atoms with E-state index in [4.69, 9.17) is 0 Å². The maximum Gasteiger partial charge on any atom is 0.0811 e. The van der Waals surface area contributed by atoms with Crippen LogP contribution >= 0.6 is 0 Å². The van der Waals surface area contributed by atoms with Gasteiger partial charge in [-0.2, -0.15) is 0 Å². The van der Waals surface area contributed by atoms with Gasteiger partial charge in [0, 0.05) is 12.6 Å². The molecule has 2 nitrogen and oxygen atoms in total. The van der Waals surface area contributed by atoms with Crippen LogP contribution in [0.3, 0.4) is 0 Å². The summed E-state index contributed by atoms with van der Waals surface area (Å²) in [5.74, 6) is 0.657. The van der Waals surface area contributed by atoms with Gasteiger partial charge in [-0.1, -0.05) is 31.9 Å². The van der Waals surface area contributed by atoms with Crippen LogP contribution in [-0.2, 0) is 0 Å². The highest BCUT2D eigenvalue weighted by atomic mass is 16.3. The van der Waals surface area contributed by atoms with Crippen LogP contribution in [-0.4, -0.2) is 34.7 Å². The Kier molecular flexibility index (Phi) is 3.94. The standard InChI is InChI=1S/C15H27NO/c1-4-6-12(2)9-13-10-15(3,17)14-7-5-8-16(14)11-13/h9,12,14,17H,4-8,10-11H2,1-3H3/b13-9-/t12-,14-,15-/m0/s1. The number of nitrogens with zero attached hydrogens (tertiary/aromatic N) is 1. The molecule has 0 aromatic rings. The van der Waals surface area contributed by atoms with E-state index in [0.717, 1.165) is 13.0 Å². The van der Waals surface area contributed by atoms with E-state index in [0.29, 0.717) is 12.0 Å². The van der Waals surface area contributed by atoms with Gasteiger partial charge in [0.15, 0.2) is 0 Å². The summed E-state index contributed by atoms with van der Waals surface area (Å²) in [6, 6.07) is 0.404. The van der Waals surface area contributed by atoms with Crippen molar-refractivity contribution in [3.8, 4) is 0 Å². The lowest BCUT2D eigenvalue weighted by Gasteiger charge is -2.43. The molecule has 0 saturated carbocycles. The van der Waals surface area contributed by atoms with Crippen molar-refractivity contribution in [2.75, 3.05) is 13.1 Å². The Morgan fingerprint density at radius 3 is 3.06 bits per heavy atom. The first-order chi connectivity index (χ1) is 8.03. The molecule has 2 fully saturated rings. The minimum Gasteiger partial charge on any atom is -0.388 e. The highest BCUT2D eigenvalue weighted by Crippen LogP contribution is 2.37. The molecule has 2 aliphatic heterocycles. The van der Waals surface area contributed by atoms with Gasteiger partial charge in [-0.25, -0.2) is 0 Å². The molecule has 0 amide bonds. The van der Waals surface area contributed by atoms with Crippen molar-refractivity contribution in [3.05, 3.63) is 11.6 Å². The monoisotopic (exact) mass is 237 g/mol. The second-order valence-electron chi connectivity index (χ2n) is 6.25. The molecule has 17 heavy (non-hydrogen) atoms. The van der Waals surface area contributed by atoms with Gasteiger partial charge in [0.05, 0.1) is 5.60 Å². The predicted molar refractivity (Wildman–Crippen MR) is 72.0 cm³/mol. The van der Waals surface area contributed by atoms with Crippen molar-refractivity contribution >= 4 is 0 Å². The molecule has 0 aliphatic carbocycles. The second kappa shape index (κ2) is 5.11. The summed E-state index contributed by atoms with van der Waals surface area (Å²) in [7, 11) is 0. The highest BCUT2D eigenvalue weighted by Gasteiger charge is 2.43. The van der Waals surface area contributed by atoms with Crippen molar-refractivity contribution in [1.82, 2.24) is 4.90 Å². The number of piperidine rings is 1. The molecule has 0 radical (unpaired) electrons. The molecule has 0 bridgehead atoms. The number of rotatable bonds is 3. The van der Waals surface area contributed by atoms with Gasteiger partial charge < -0.3 is 5.11 Å². The summed E-state index contributed by atoms with van der Waals surface area (Å²) in [5.41, 5.74) is 0.945. The summed E-state index contributed by atoms with van der Waals surface area (Å²) in [6.45, 7) is 8.81. The SMILES string of the molecule is CCC[C@H](C)/C=C1\CN2CCC[C@H]2[C@@](C)(O)C1. The second-order valence-corrected chi connectivity index (χ2v) is 6.25. The van der Waals surface area contributed by atoms with Crippen LogP contribution in [0, 0.1) is 5.92 Å². The molecule has 3 atom stereocenters. The molecule has 1 N–H and O–H groups in total. The maximum absolute atomic E-state index is 10.6. The Balaban J connectivity index is 2.06. The summed E-state index contributed by atoms with van der Waals surface area (Å²) in [6.07, 6.45) is 8.21. The van der Waals surface area contributed by atoms with E-state index in [2.05, 4.69) is 24.8 Å². The predicted octanol–water partition coefficient (Wildman–Crippen LogP) is 2.97. The van der Waals surface area contributed by atoms with Crippen LogP contribution in [0.4, 0.5) is 0 Å². The molecule has 98 valence electrons. The lowest BCUT2D eigenvalue weighted by molar-refractivity contribution is -0.0330. The zero-order chi connectivity index (χ0) is 12.5. The van der Waals surface area contributed by atoms with Gasteiger partial charge >= 0.3 is 0 Å². The Morgan fingerprint density at radius 2 is 2.35 bits per heavy atom. The van der Waals surface area contributed by atoms with E-state index >= 15 is 0 Å². The van der Waals surface area contributed by atoms with Gasteiger partial charge in [-0.3, -0.25) is 4.90 Å². The molecule has 2 rings (SSSR count). The zero-order valence-corrected chi connectivity index (χ0v) is 11.6. The normalized spacial score (nSPS) is 38.4. The smallest absolute Gasteiger partial charge is 0.0811 e. The fourth-order valence-corrected chi connectivity index (χ4v) is 3.67. The lowest BCUT2D eigenvalue weighted by Crippen LogP contribution is -2.52. The van der Waals surface area contributed by atoms with Crippen molar-refractivity contribution < 1.29 is 5.11 Å². The molecule has 2 saturated heterocycles. The fourth-order valence-electron chi connectivity index (χ4n) is 3.67. The lowest BCUT2D eigenvalue weighted by atomic mass is 9.82. The summed E-state index contributed by atoms with van der Waals surface area (Å²) in [5, 5.41) is 10.6. The quantitative estimate of drug-likeness (QED) is 0.763. The van der Waals surface area contributed by atoms with Crippen LogP contribution in [0.2, 0.25) is 0 Å². The molecule has 0 spiro atoms.